The first-order valence-electron chi connectivity index (χ1n) is 5.63. The van der Waals surface area contributed by atoms with Gasteiger partial charge < -0.3 is 5.11 Å². The normalized spacial score (nSPS) is 35.5. The van der Waals surface area contributed by atoms with E-state index in [2.05, 4.69) is 20.8 Å². The number of carboxylic acid groups (broad SMARTS) is 1. The van der Waals surface area contributed by atoms with Crippen molar-refractivity contribution < 1.29 is 9.90 Å². The quantitative estimate of drug-likeness (QED) is 0.764. The van der Waals surface area contributed by atoms with E-state index in [0.717, 1.165) is 19.3 Å². The number of carboxylic acids is 1. The summed E-state index contributed by atoms with van der Waals surface area (Å²) in [5, 5.41) is 9.46. The zero-order valence-corrected chi connectivity index (χ0v) is 10.5. The summed E-state index contributed by atoms with van der Waals surface area (Å²) >= 11 is 0. The third kappa shape index (κ3) is 2.03. The number of carbonyl (C=O) groups is 1. The molecule has 0 heterocycles. The average molecular weight is 213 g/mol. The zero-order chi connectivity index (χ0) is 11.9. The SMILES string of the molecule is CC1CC(C)(C)CCC1(C(=O)O)N(C)C. The molecule has 0 saturated heterocycles. The molecule has 1 rings (SSSR count). The monoisotopic (exact) mass is 213 g/mol. The molecular weight excluding hydrogens is 190 g/mol. The van der Waals surface area contributed by atoms with Crippen molar-refractivity contribution in [2.45, 2.75) is 45.6 Å². The molecule has 15 heavy (non-hydrogen) atoms. The zero-order valence-electron chi connectivity index (χ0n) is 10.5. The predicted octanol–water partition coefficient (Wildman–Crippen LogP) is 2.22. The Kier molecular flexibility index (Phi) is 3.15. The van der Waals surface area contributed by atoms with Crippen molar-refractivity contribution in [2.75, 3.05) is 14.1 Å². The van der Waals surface area contributed by atoms with Gasteiger partial charge in [-0.05, 0) is 44.7 Å². The molecule has 1 saturated carbocycles. The molecule has 2 atom stereocenters. The van der Waals surface area contributed by atoms with E-state index in [0.29, 0.717) is 0 Å². The standard InChI is InChI=1S/C12H23NO2/c1-9-8-11(2,3)6-7-12(9,10(14)15)13(4)5/h9H,6-8H2,1-5H3,(H,14,15). The minimum atomic E-state index is -0.671. The van der Waals surface area contributed by atoms with Gasteiger partial charge >= 0.3 is 5.97 Å². The summed E-state index contributed by atoms with van der Waals surface area (Å²) in [6, 6.07) is 0. The van der Waals surface area contributed by atoms with Gasteiger partial charge in [-0.15, -0.1) is 0 Å². The number of nitrogens with zero attached hydrogens (tertiary/aromatic N) is 1. The number of hydrogen-bond acceptors (Lipinski definition) is 2. The van der Waals surface area contributed by atoms with E-state index in [4.69, 9.17) is 0 Å². The Morgan fingerprint density at radius 2 is 1.87 bits per heavy atom. The van der Waals surface area contributed by atoms with Crippen LogP contribution in [0.25, 0.3) is 0 Å². The van der Waals surface area contributed by atoms with Gasteiger partial charge in [0, 0.05) is 0 Å². The smallest absolute Gasteiger partial charge is 0.324 e. The topological polar surface area (TPSA) is 40.5 Å². The number of likely N-dealkylation sites (N-methyl/N-ethyl adjacent to an activating group) is 1. The first kappa shape index (κ1) is 12.5. The average Bonchev–Trinajstić information content (AvgIpc) is 2.00. The number of hydrogen-bond donors (Lipinski definition) is 1. The highest BCUT2D eigenvalue weighted by atomic mass is 16.4. The number of rotatable bonds is 2. The van der Waals surface area contributed by atoms with Crippen LogP contribution in [0.1, 0.15) is 40.0 Å². The first-order chi connectivity index (χ1) is 6.72. The van der Waals surface area contributed by atoms with Crippen LogP contribution in [0, 0.1) is 11.3 Å². The third-order valence-electron chi connectivity index (χ3n) is 4.03. The van der Waals surface area contributed by atoms with Crippen molar-refractivity contribution in [1.29, 1.82) is 0 Å². The lowest BCUT2D eigenvalue weighted by atomic mass is 9.63. The van der Waals surface area contributed by atoms with Crippen LogP contribution in [0.5, 0.6) is 0 Å². The second kappa shape index (κ2) is 3.78. The molecular formula is C12H23NO2. The third-order valence-corrected chi connectivity index (χ3v) is 4.03. The Balaban J connectivity index is 2.98. The minimum absolute atomic E-state index is 0.203. The van der Waals surface area contributed by atoms with Crippen molar-refractivity contribution in [1.82, 2.24) is 4.90 Å². The van der Waals surface area contributed by atoms with Gasteiger partial charge in [0.05, 0.1) is 0 Å². The molecule has 1 aliphatic carbocycles. The molecule has 88 valence electrons. The first-order valence-corrected chi connectivity index (χ1v) is 5.63. The van der Waals surface area contributed by atoms with Gasteiger partial charge in [-0.25, -0.2) is 0 Å². The van der Waals surface area contributed by atoms with E-state index in [-0.39, 0.29) is 11.3 Å². The van der Waals surface area contributed by atoms with Crippen molar-refractivity contribution in [2.24, 2.45) is 11.3 Å². The lowest BCUT2D eigenvalue weighted by Crippen LogP contribution is -2.59. The lowest BCUT2D eigenvalue weighted by Gasteiger charge is -2.49. The Morgan fingerprint density at radius 3 is 2.20 bits per heavy atom. The predicted molar refractivity (Wildman–Crippen MR) is 60.8 cm³/mol. The molecule has 0 aromatic heterocycles. The summed E-state index contributed by atoms with van der Waals surface area (Å²) in [5.41, 5.74) is -0.371. The van der Waals surface area contributed by atoms with Crippen LogP contribution in [-0.2, 0) is 4.79 Å². The van der Waals surface area contributed by atoms with Gasteiger partial charge in [-0.2, -0.15) is 0 Å². The van der Waals surface area contributed by atoms with Gasteiger partial charge in [0.1, 0.15) is 5.54 Å². The molecule has 1 aliphatic rings. The van der Waals surface area contributed by atoms with Crippen LogP contribution >= 0.6 is 0 Å². The van der Waals surface area contributed by atoms with Crippen LogP contribution in [-0.4, -0.2) is 35.6 Å². The minimum Gasteiger partial charge on any atom is -0.480 e. The molecule has 2 unspecified atom stereocenters. The molecule has 0 spiro atoms. The maximum atomic E-state index is 11.5. The molecule has 0 aromatic carbocycles. The molecule has 3 nitrogen and oxygen atoms in total. The summed E-state index contributed by atoms with van der Waals surface area (Å²) in [4.78, 5) is 13.4. The van der Waals surface area contributed by atoms with E-state index in [1.807, 2.05) is 19.0 Å². The molecule has 0 aromatic rings. The fraction of sp³-hybridized carbons (Fsp3) is 0.917. The summed E-state index contributed by atoms with van der Waals surface area (Å²) < 4.78 is 0. The molecule has 0 bridgehead atoms. The van der Waals surface area contributed by atoms with Gasteiger partial charge in [0.2, 0.25) is 0 Å². The van der Waals surface area contributed by atoms with Crippen molar-refractivity contribution in [3.63, 3.8) is 0 Å². The fourth-order valence-corrected chi connectivity index (χ4v) is 3.05. The Bertz CT molecular complexity index is 260. The van der Waals surface area contributed by atoms with E-state index >= 15 is 0 Å². The van der Waals surface area contributed by atoms with Crippen LogP contribution < -0.4 is 0 Å². The highest BCUT2D eigenvalue weighted by Gasteiger charge is 2.50. The molecule has 3 heteroatoms. The van der Waals surface area contributed by atoms with Crippen molar-refractivity contribution in [3.05, 3.63) is 0 Å². The van der Waals surface area contributed by atoms with Crippen LogP contribution in [0.15, 0.2) is 0 Å². The fourth-order valence-electron chi connectivity index (χ4n) is 3.05. The molecule has 0 amide bonds. The highest BCUT2D eigenvalue weighted by molar-refractivity contribution is 5.79. The summed E-state index contributed by atoms with van der Waals surface area (Å²) in [6.45, 7) is 6.52. The van der Waals surface area contributed by atoms with E-state index in [1.165, 1.54) is 0 Å². The molecule has 0 radical (unpaired) electrons. The Labute approximate surface area is 92.5 Å². The van der Waals surface area contributed by atoms with Crippen molar-refractivity contribution >= 4 is 5.97 Å². The molecule has 1 fully saturated rings. The number of aliphatic carboxylic acids is 1. The molecule has 0 aliphatic heterocycles. The van der Waals surface area contributed by atoms with Gasteiger partial charge in [-0.1, -0.05) is 20.8 Å². The van der Waals surface area contributed by atoms with Crippen molar-refractivity contribution in [3.8, 4) is 0 Å². The largest absolute Gasteiger partial charge is 0.480 e. The van der Waals surface area contributed by atoms with Crippen LogP contribution in [0.3, 0.4) is 0 Å². The van der Waals surface area contributed by atoms with E-state index in [9.17, 15) is 9.90 Å². The Morgan fingerprint density at radius 1 is 1.33 bits per heavy atom. The maximum Gasteiger partial charge on any atom is 0.324 e. The van der Waals surface area contributed by atoms with Crippen LogP contribution in [0.2, 0.25) is 0 Å². The second-order valence-corrected chi connectivity index (χ2v) is 5.89. The summed E-state index contributed by atoms with van der Waals surface area (Å²) in [6.07, 6.45) is 2.72. The van der Waals surface area contributed by atoms with Gasteiger partial charge in [-0.3, -0.25) is 9.69 Å². The summed E-state index contributed by atoms with van der Waals surface area (Å²) in [7, 11) is 3.76. The van der Waals surface area contributed by atoms with Gasteiger partial charge in [0.25, 0.3) is 0 Å². The molecule has 1 N–H and O–H groups in total. The maximum absolute atomic E-state index is 11.5. The van der Waals surface area contributed by atoms with Crippen LogP contribution in [0.4, 0.5) is 0 Å². The van der Waals surface area contributed by atoms with E-state index < -0.39 is 11.5 Å². The van der Waals surface area contributed by atoms with E-state index in [1.54, 1.807) is 0 Å². The highest BCUT2D eigenvalue weighted by Crippen LogP contribution is 2.46. The lowest BCUT2D eigenvalue weighted by molar-refractivity contribution is -0.158. The second-order valence-electron chi connectivity index (χ2n) is 5.89. The van der Waals surface area contributed by atoms with Gasteiger partial charge in [0.15, 0.2) is 0 Å². The summed E-state index contributed by atoms with van der Waals surface area (Å²) in [5.74, 6) is -0.468. The Hall–Kier alpha value is -0.570.